The van der Waals surface area contributed by atoms with Crippen LogP contribution >= 0.6 is 0 Å². The smallest absolute Gasteiger partial charge is 0.0162 e. The molecule has 22 heavy (non-hydrogen) atoms. The SMILES string of the molecule is Cc1ccc(CCc2ccc(C3CCC(C)CC3)cc2)cc1. The molecule has 2 aromatic rings. The second kappa shape index (κ2) is 7.13. The summed E-state index contributed by atoms with van der Waals surface area (Å²) in [7, 11) is 0. The van der Waals surface area contributed by atoms with Crippen molar-refractivity contribution in [2.75, 3.05) is 0 Å². The van der Waals surface area contributed by atoms with Crippen LogP contribution in [-0.4, -0.2) is 0 Å². The van der Waals surface area contributed by atoms with Crippen LogP contribution in [0.2, 0.25) is 0 Å². The predicted octanol–water partition coefficient (Wildman–Crippen LogP) is 6.07. The summed E-state index contributed by atoms with van der Waals surface area (Å²) >= 11 is 0. The highest BCUT2D eigenvalue weighted by Gasteiger charge is 2.19. The highest BCUT2D eigenvalue weighted by Crippen LogP contribution is 2.35. The number of hydrogen-bond acceptors (Lipinski definition) is 0. The molecule has 0 atom stereocenters. The average Bonchev–Trinajstić information content (AvgIpc) is 2.56. The summed E-state index contributed by atoms with van der Waals surface area (Å²) in [6.45, 7) is 4.54. The largest absolute Gasteiger partial charge is 0.0625 e. The molecule has 0 N–H and O–H groups in total. The number of hydrogen-bond donors (Lipinski definition) is 0. The monoisotopic (exact) mass is 292 g/mol. The van der Waals surface area contributed by atoms with E-state index in [-0.39, 0.29) is 0 Å². The Balaban J connectivity index is 1.56. The summed E-state index contributed by atoms with van der Waals surface area (Å²) in [5.41, 5.74) is 5.81. The van der Waals surface area contributed by atoms with Crippen molar-refractivity contribution in [3.63, 3.8) is 0 Å². The maximum atomic E-state index is 2.39. The highest BCUT2D eigenvalue weighted by molar-refractivity contribution is 5.27. The lowest BCUT2D eigenvalue weighted by molar-refractivity contribution is 0.348. The summed E-state index contributed by atoms with van der Waals surface area (Å²) < 4.78 is 0. The zero-order valence-electron chi connectivity index (χ0n) is 14.0. The molecule has 0 bridgehead atoms. The molecule has 0 radical (unpaired) electrons. The molecule has 0 amide bonds. The van der Waals surface area contributed by atoms with Gasteiger partial charge >= 0.3 is 0 Å². The van der Waals surface area contributed by atoms with Gasteiger partial charge in [-0.15, -0.1) is 0 Å². The first kappa shape index (κ1) is 15.3. The zero-order chi connectivity index (χ0) is 15.4. The first-order valence-electron chi connectivity index (χ1n) is 8.85. The molecular formula is C22H28. The molecule has 1 aliphatic rings. The molecular weight excluding hydrogens is 264 g/mol. The van der Waals surface area contributed by atoms with Crippen LogP contribution in [0.3, 0.4) is 0 Å². The van der Waals surface area contributed by atoms with Gasteiger partial charge in [0.2, 0.25) is 0 Å². The fourth-order valence-corrected chi connectivity index (χ4v) is 3.59. The second-order valence-electron chi connectivity index (χ2n) is 7.18. The van der Waals surface area contributed by atoms with Gasteiger partial charge in [-0.1, -0.05) is 73.9 Å². The summed E-state index contributed by atoms with van der Waals surface area (Å²) in [5, 5.41) is 0. The molecule has 1 aliphatic carbocycles. The molecule has 1 saturated carbocycles. The van der Waals surface area contributed by atoms with Crippen LogP contribution in [-0.2, 0) is 12.8 Å². The molecule has 0 aliphatic heterocycles. The van der Waals surface area contributed by atoms with E-state index in [9.17, 15) is 0 Å². The van der Waals surface area contributed by atoms with Crippen molar-refractivity contribution in [3.05, 3.63) is 70.8 Å². The predicted molar refractivity (Wildman–Crippen MR) is 95.4 cm³/mol. The lowest BCUT2D eigenvalue weighted by Gasteiger charge is -2.26. The van der Waals surface area contributed by atoms with Crippen molar-refractivity contribution >= 4 is 0 Å². The van der Waals surface area contributed by atoms with Gasteiger partial charge in [-0.05, 0) is 61.1 Å². The Morgan fingerprint density at radius 1 is 0.727 bits per heavy atom. The molecule has 116 valence electrons. The van der Waals surface area contributed by atoms with Crippen LogP contribution in [0.4, 0.5) is 0 Å². The molecule has 2 aromatic carbocycles. The topological polar surface area (TPSA) is 0 Å². The van der Waals surface area contributed by atoms with E-state index in [1.165, 1.54) is 42.4 Å². The van der Waals surface area contributed by atoms with E-state index >= 15 is 0 Å². The van der Waals surface area contributed by atoms with Crippen LogP contribution in [0, 0.1) is 12.8 Å². The highest BCUT2D eigenvalue weighted by atomic mass is 14.2. The number of rotatable bonds is 4. The van der Waals surface area contributed by atoms with E-state index in [1.807, 2.05) is 0 Å². The van der Waals surface area contributed by atoms with Crippen molar-refractivity contribution in [1.82, 2.24) is 0 Å². The third kappa shape index (κ3) is 4.00. The maximum Gasteiger partial charge on any atom is -0.0162 e. The van der Waals surface area contributed by atoms with Crippen molar-refractivity contribution in [1.29, 1.82) is 0 Å². The van der Waals surface area contributed by atoms with Crippen LogP contribution in [0.5, 0.6) is 0 Å². The maximum absolute atomic E-state index is 2.39. The second-order valence-corrected chi connectivity index (χ2v) is 7.18. The third-order valence-electron chi connectivity index (χ3n) is 5.29. The van der Waals surface area contributed by atoms with Gasteiger partial charge in [0, 0.05) is 0 Å². The Bertz CT molecular complexity index is 568. The van der Waals surface area contributed by atoms with Crippen LogP contribution in [0.1, 0.15) is 60.8 Å². The quantitative estimate of drug-likeness (QED) is 0.641. The molecule has 0 nitrogen and oxygen atoms in total. The lowest BCUT2D eigenvalue weighted by atomic mass is 9.79. The van der Waals surface area contributed by atoms with Gasteiger partial charge in [0.15, 0.2) is 0 Å². The Morgan fingerprint density at radius 2 is 1.23 bits per heavy atom. The van der Waals surface area contributed by atoms with E-state index in [0.717, 1.165) is 24.7 Å². The van der Waals surface area contributed by atoms with Gasteiger partial charge < -0.3 is 0 Å². The van der Waals surface area contributed by atoms with Gasteiger partial charge in [-0.25, -0.2) is 0 Å². The Morgan fingerprint density at radius 3 is 1.77 bits per heavy atom. The lowest BCUT2D eigenvalue weighted by Crippen LogP contribution is -2.10. The minimum Gasteiger partial charge on any atom is -0.0625 e. The normalized spacial score (nSPS) is 21.7. The third-order valence-corrected chi connectivity index (χ3v) is 5.29. The Kier molecular flexibility index (Phi) is 4.97. The van der Waals surface area contributed by atoms with Gasteiger partial charge in [0.05, 0.1) is 0 Å². The van der Waals surface area contributed by atoms with E-state index in [2.05, 4.69) is 62.4 Å². The van der Waals surface area contributed by atoms with Gasteiger partial charge in [0.1, 0.15) is 0 Å². The van der Waals surface area contributed by atoms with E-state index in [4.69, 9.17) is 0 Å². The fourth-order valence-electron chi connectivity index (χ4n) is 3.59. The summed E-state index contributed by atoms with van der Waals surface area (Å²) in [4.78, 5) is 0. The van der Waals surface area contributed by atoms with Crippen LogP contribution < -0.4 is 0 Å². The van der Waals surface area contributed by atoms with E-state index in [1.54, 1.807) is 5.56 Å². The molecule has 0 heterocycles. The van der Waals surface area contributed by atoms with E-state index in [0.29, 0.717) is 0 Å². The first-order valence-corrected chi connectivity index (χ1v) is 8.85. The summed E-state index contributed by atoms with van der Waals surface area (Å²) in [6, 6.07) is 18.4. The van der Waals surface area contributed by atoms with Crippen LogP contribution in [0.15, 0.2) is 48.5 Å². The molecule has 0 saturated heterocycles. The molecule has 0 unspecified atom stereocenters. The fraction of sp³-hybridized carbons (Fsp3) is 0.455. The van der Waals surface area contributed by atoms with Gasteiger partial charge in [0.25, 0.3) is 0 Å². The van der Waals surface area contributed by atoms with Crippen molar-refractivity contribution < 1.29 is 0 Å². The van der Waals surface area contributed by atoms with Gasteiger partial charge in [-0.3, -0.25) is 0 Å². The standard InChI is InChI=1S/C22H28/c1-17-3-7-19(8-4-17)9-10-20-11-15-22(16-12-20)21-13-5-18(2)6-14-21/h3-4,7-8,11-12,15-16,18,21H,5-6,9-10,13-14H2,1-2H3. The van der Waals surface area contributed by atoms with Crippen molar-refractivity contribution in [2.24, 2.45) is 5.92 Å². The first-order chi connectivity index (χ1) is 10.7. The molecule has 3 rings (SSSR count). The van der Waals surface area contributed by atoms with Crippen LogP contribution in [0.25, 0.3) is 0 Å². The van der Waals surface area contributed by atoms with Crippen molar-refractivity contribution in [2.45, 2.75) is 58.3 Å². The zero-order valence-corrected chi connectivity index (χ0v) is 14.0. The minimum absolute atomic E-state index is 0.808. The molecule has 0 heteroatoms. The number of benzene rings is 2. The summed E-state index contributed by atoms with van der Waals surface area (Å²) in [6.07, 6.45) is 7.85. The van der Waals surface area contributed by atoms with E-state index < -0.39 is 0 Å². The average molecular weight is 292 g/mol. The Hall–Kier alpha value is -1.56. The summed E-state index contributed by atoms with van der Waals surface area (Å²) in [5.74, 6) is 1.74. The molecule has 0 spiro atoms. The molecule has 1 fully saturated rings. The molecule has 0 aromatic heterocycles. The number of aryl methyl sites for hydroxylation is 3. The van der Waals surface area contributed by atoms with Gasteiger partial charge in [-0.2, -0.15) is 0 Å². The Labute approximate surface area is 135 Å². The minimum atomic E-state index is 0.808. The van der Waals surface area contributed by atoms with Crippen molar-refractivity contribution in [3.8, 4) is 0 Å².